The highest BCUT2D eigenvalue weighted by molar-refractivity contribution is 7.89. The zero-order valence-electron chi connectivity index (χ0n) is 15.9. The van der Waals surface area contributed by atoms with Gasteiger partial charge in [-0.25, -0.2) is 13.4 Å². The summed E-state index contributed by atoms with van der Waals surface area (Å²) < 4.78 is 27.5. The molecular weight excluding hydrogens is 360 g/mol. The minimum Gasteiger partial charge on any atom is -0.354 e. The van der Waals surface area contributed by atoms with E-state index >= 15 is 0 Å². The van der Waals surface area contributed by atoms with Gasteiger partial charge >= 0.3 is 0 Å². The van der Waals surface area contributed by atoms with E-state index in [9.17, 15) is 13.7 Å². The quantitative estimate of drug-likeness (QED) is 0.813. The highest BCUT2D eigenvalue weighted by Gasteiger charge is 2.28. The third kappa shape index (κ3) is 3.97. The van der Waals surface area contributed by atoms with Crippen molar-refractivity contribution in [1.29, 1.82) is 5.26 Å². The molecular formula is C20H24N4O2S. The van der Waals surface area contributed by atoms with Gasteiger partial charge in [0.2, 0.25) is 10.0 Å². The van der Waals surface area contributed by atoms with Crippen molar-refractivity contribution in [3.05, 3.63) is 52.7 Å². The van der Waals surface area contributed by atoms with Gasteiger partial charge in [-0.2, -0.15) is 9.57 Å². The van der Waals surface area contributed by atoms with Crippen LogP contribution in [-0.4, -0.2) is 43.9 Å². The van der Waals surface area contributed by atoms with Crippen molar-refractivity contribution in [1.82, 2.24) is 9.29 Å². The molecule has 0 radical (unpaired) electrons. The molecule has 0 unspecified atom stereocenters. The van der Waals surface area contributed by atoms with Crippen LogP contribution in [0.25, 0.3) is 0 Å². The van der Waals surface area contributed by atoms with Gasteiger partial charge in [0.15, 0.2) is 0 Å². The summed E-state index contributed by atoms with van der Waals surface area (Å²) in [6.07, 6.45) is 0.685. The molecule has 2 aromatic rings. The number of hydrogen-bond donors (Lipinski definition) is 0. The number of aryl methyl sites for hydroxylation is 3. The molecule has 1 aliphatic heterocycles. The molecule has 0 bridgehead atoms. The van der Waals surface area contributed by atoms with Gasteiger partial charge in [-0.1, -0.05) is 17.7 Å². The second-order valence-electron chi connectivity index (χ2n) is 6.95. The van der Waals surface area contributed by atoms with Crippen molar-refractivity contribution >= 4 is 15.8 Å². The first kappa shape index (κ1) is 19.3. The lowest BCUT2D eigenvalue weighted by atomic mass is 10.1. The van der Waals surface area contributed by atoms with Gasteiger partial charge in [0.1, 0.15) is 11.9 Å². The van der Waals surface area contributed by atoms with Crippen molar-refractivity contribution in [3.8, 4) is 6.07 Å². The molecule has 142 valence electrons. The van der Waals surface area contributed by atoms with Crippen molar-refractivity contribution in [2.45, 2.75) is 32.1 Å². The molecule has 2 heterocycles. The van der Waals surface area contributed by atoms with E-state index in [1.807, 2.05) is 43.9 Å². The van der Waals surface area contributed by atoms with Crippen LogP contribution in [0.3, 0.4) is 0 Å². The van der Waals surface area contributed by atoms with Gasteiger partial charge in [0, 0.05) is 31.9 Å². The fraction of sp³-hybridized carbons (Fsp3) is 0.400. The molecule has 1 aliphatic rings. The normalized spacial score (nSPS) is 16.0. The lowest BCUT2D eigenvalue weighted by molar-refractivity contribution is 0.433. The zero-order chi connectivity index (χ0) is 19.6. The summed E-state index contributed by atoms with van der Waals surface area (Å²) in [5, 5.41) is 9.52. The maximum atomic E-state index is 13.0. The molecule has 27 heavy (non-hydrogen) atoms. The molecule has 0 aliphatic carbocycles. The summed E-state index contributed by atoms with van der Waals surface area (Å²) in [4.78, 5) is 6.91. The molecule has 1 aromatic heterocycles. The minimum absolute atomic E-state index is 0.323. The molecule has 0 spiro atoms. The predicted octanol–water partition coefficient (Wildman–Crippen LogP) is 2.78. The fourth-order valence-corrected chi connectivity index (χ4v) is 4.86. The number of aromatic nitrogens is 1. The summed E-state index contributed by atoms with van der Waals surface area (Å²) in [5.74, 6) is 0.657. The highest BCUT2D eigenvalue weighted by atomic mass is 32.2. The van der Waals surface area contributed by atoms with Crippen LogP contribution < -0.4 is 4.90 Å². The maximum absolute atomic E-state index is 13.0. The molecule has 0 saturated carbocycles. The van der Waals surface area contributed by atoms with Crippen LogP contribution in [0.4, 0.5) is 5.82 Å². The van der Waals surface area contributed by atoms with Gasteiger partial charge in [-0.05, 0) is 51.0 Å². The van der Waals surface area contributed by atoms with Crippen molar-refractivity contribution < 1.29 is 8.42 Å². The second kappa shape index (κ2) is 7.67. The van der Waals surface area contributed by atoms with Crippen LogP contribution in [0.1, 0.15) is 28.8 Å². The smallest absolute Gasteiger partial charge is 0.243 e. The Morgan fingerprint density at radius 3 is 2.41 bits per heavy atom. The van der Waals surface area contributed by atoms with Crippen molar-refractivity contribution in [2.75, 3.05) is 31.1 Å². The Labute approximate surface area is 161 Å². The summed E-state index contributed by atoms with van der Waals surface area (Å²) in [6.45, 7) is 7.76. The first-order chi connectivity index (χ1) is 12.8. The van der Waals surface area contributed by atoms with Crippen LogP contribution in [0.2, 0.25) is 0 Å². The van der Waals surface area contributed by atoms with Crippen LogP contribution in [-0.2, 0) is 10.0 Å². The van der Waals surface area contributed by atoms with E-state index in [4.69, 9.17) is 0 Å². The third-order valence-corrected chi connectivity index (χ3v) is 6.76. The monoisotopic (exact) mass is 384 g/mol. The summed E-state index contributed by atoms with van der Waals surface area (Å²) >= 11 is 0. The average Bonchev–Trinajstić information content (AvgIpc) is 2.88. The van der Waals surface area contributed by atoms with E-state index in [0.29, 0.717) is 48.9 Å². The fourth-order valence-electron chi connectivity index (χ4n) is 3.39. The number of rotatable bonds is 3. The van der Waals surface area contributed by atoms with E-state index < -0.39 is 10.0 Å². The minimum atomic E-state index is -3.52. The van der Waals surface area contributed by atoms with Crippen LogP contribution in [0, 0.1) is 32.1 Å². The van der Waals surface area contributed by atoms with Crippen LogP contribution >= 0.6 is 0 Å². The summed E-state index contributed by atoms with van der Waals surface area (Å²) in [7, 11) is -3.52. The van der Waals surface area contributed by atoms with Gasteiger partial charge in [-0.3, -0.25) is 0 Å². The molecule has 0 N–H and O–H groups in total. The first-order valence-electron chi connectivity index (χ1n) is 9.03. The average molecular weight is 385 g/mol. The lowest BCUT2D eigenvalue weighted by Gasteiger charge is -2.24. The van der Waals surface area contributed by atoms with E-state index in [-0.39, 0.29) is 0 Å². The third-order valence-electron chi connectivity index (χ3n) is 4.85. The van der Waals surface area contributed by atoms with Gasteiger partial charge in [-0.15, -0.1) is 0 Å². The van der Waals surface area contributed by atoms with Crippen molar-refractivity contribution in [3.63, 3.8) is 0 Å². The number of benzene rings is 1. The molecule has 0 amide bonds. The molecule has 3 rings (SSSR count). The Kier molecular flexibility index (Phi) is 5.49. The molecule has 0 atom stereocenters. The Morgan fingerprint density at radius 1 is 1.04 bits per heavy atom. The van der Waals surface area contributed by atoms with Crippen LogP contribution in [0.5, 0.6) is 0 Å². The van der Waals surface area contributed by atoms with Crippen LogP contribution in [0.15, 0.2) is 35.2 Å². The largest absolute Gasteiger partial charge is 0.354 e. The number of nitriles is 1. The second-order valence-corrected chi connectivity index (χ2v) is 8.89. The van der Waals surface area contributed by atoms with E-state index in [0.717, 1.165) is 16.8 Å². The maximum Gasteiger partial charge on any atom is 0.243 e. The topological polar surface area (TPSA) is 77.3 Å². The first-order valence-corrected chi connectivity index (χ1v) is 10.5. The number of hydrogen-bond acceptors (Lipinski definition) is 5. The van der Waals surface area contributed by atoms with Gasteiger partial charge in [0.25, 0.3) is 0 Å². The van der Waals surface area contributed by atoms with Crippen molar-refractivity contribution in [2.24, 2.45) is 0 Å². The Balaban J connectivity index is 1.84. The molecule has 6 nitrogen and oxygen atoms in total. The number of nitrogens with zero attached hydrogens (tertiary/aromatic N) is 4. The predicted molar refractivity (Wildman–Crippen MR) is 105 cm³/mol. The highest BCUT2D eigenvalue weighted by Crippen LogP contribution is 2.24. The Hall–Kier alpha value is -2.43. The Bertz CT molecular complexity index is 978. The van der Waals surface area contributed by atoms with Gasteiger partial charge in [0.05, 0.1) is 10.5 Å². The number of anilines is 1. The van der Waals surface area contributed by atoms with E-state index in [1.54, 1.807) is 12.1 Å². The Morgan fingerprint density at radius 2 is 1.74 bits per heavy atom. The summed E-state index contributed by atoms with van der Waals surface area (Å²) in [5.41, 5.74) is 3.35. The van der Waals surface area contributed by atoms with Gasteiger partial charge < -0.3 is 4.90 Å². The summed E-state index contributed by atoms with van der Waals surface area (Å²) in [6, 6.07) is 11.1. The molecule has 1 aromatic carbocycles. The number of pyridine rings is 1. The molecule has 1 fully saturated rings. The molecule has 7 heteroatoms. The standard InChI is InChI=1S/C20H24N4O2S/c1-15-5-7-18(8-6-15)27(25,26)24-10-4-9-23(11-12-24)20-19(14-21)16(2)13-17(3)22-20/h5-8,13H,4,9-12H2,1-3H3. The SMILES string of the molecule is Cc1ccc(S(=O)(=O)N2CCCN(c3nc(C)cc(C)c3C#N)CC2)cc1. The lowest BCUT2D eigenvalue weighted by Crippen LogP contribution is -2.35. The zero-order valence-corrected chi connectivity index (χ0v) is 16.8. The van der Waals surface area contributed by atoms with E-state index in [1.165, 1.54) is 4.31 Å². The van der Waals surface area contributed by atoms with E-state index in [2.05, 4.69) is 11.1 Å². The molecule has 1 saturated heterocycles. The number of sulfonamides is 1.